The average molecular weight is 634 g/mol. The number of carbonyl (C=O) groups is 2. The van der Waals surface area contributed by atoms with Crippen LogP contribution in [0.1, 0.15) is 54.7 Å². The van der Waals surface area contributed by atoms with E-state index in [1.165, 1.54) is 0 Å². The Morgan fingerprint density at radius 2 is 1.85 bits per heavy atom. The van der Waals surface area contributed by atoms with Crippen molar-refractivity contribution < 1.29 is 14.0 Å². The summed E-state index contributed by atoms with van der Waals surface area (Å²) in [6.07, 6.45) is 7.69. The second-order valence-corrected chi connectivity index (χ2v) is 13.7. The number of piperazine rings is 1. The predicted octanol–water partition coefficient (Wildman–Crippen LogP) is 5.05. The summed E-state index contributed by atoms with van der Waals surface area (Å²) in [5.74, 6) is -0.365. The molecule has 4 heterocycles. The first kappa shape index (κ1) is 29.8. The molecule has 9 nitrogen and oxygen atoms in total. The number of amides is 2. The molecule has 4 atom stereocenters. The molecule has 0 radical (unpaired) electrons. The Kier molecular flexibility index (Phi) is 7.35. The number of carbonyl (C=O) groups excluding carboxylic acids is 2. The van der Waals surface area contributed by atoms with E-state index in [0.29, 0.717) is 24.2 Å². The highest BCUT2D eigenvalue weighted by atomic mass is 19.1. The number of anilines is 2. The van der Waals surface area contributed by atoms with Gasteiger partial charge in [0, 0.05) is 55.6 Å². The molecule has 4 aliphatic rings. The van der Waals surface area contributed by atoms with Gasteiger partial charge in [-0.3, -0.25) is 14.3 Å². The van der Waals surface area contributed by atoms with Crippen LogP contribution in [-0.4, -0.2) is 63.5 Å². The SMILES string of the molecule is Cc1cnn(C)c1-c1ccc(NC(=O)[C@@H](NC(=O)C2(F)CC2)[C@@H]2CCCc3ccc(-c4ccnc(N5C[C@@H]6C[C@H]5CN6)c4)cc32)cc1. The van der Waals surface area contributed by atoms with Crippen LogP contribution in [0.15, 0.2) is 67.0 Å². The molecule has 242 valence electrons. The second-order valence-electron chi connectivity index (χ2n) is 13.7. The molecule has 3 N–H and O–H groups in total. The summed E-state index contributed by atoms with van der Waals surface area (Å²) in [4.78, 5) is 34.3. The highest BCUT2D eigenvalue weighted by Crippen LogP contribution is 2.42. The molecular weight excluding hydrogens is 593 g/mol. The summed E-state index contributed by atoms with van der Waals surface area (Å²) in [7, 11) is 1.90. The van der Waals surface area contributed by atoms with Crippen LogP contribution in [0.4, 0.5) is 15.9 Å². The van der Waals surface area contributed by atoms with E-state index in [1.54, 1.807) is 0 Å². The van der Waals surface area contributed by atoms with Crippen LogP contribution in [0.3, 0.4) is 0 Å². The largest absolute Gasteiger partial charge is 0.351 e. The maximum absolute atomic E-state index is 15.0. The number of rotatable bonds is 8. The lowest BCUT2D eigenvalue weighted by atomic mass is 9.77. The van der Waals surface area contributed by atoms with Crippen LogP contribution in [0.5, 0.6) is 0 Å². The fraction of sp³-hybridized carbons (Fsp3) is 0.405. The third-order valence-corrected chi connectivity index (χ3v) is 10.6. The first-order valence-electron chi connectivity index (χ1n) is 16.7. The van der Waals surface area contributed by atoms with E-state index in [1.807, 2.05) is 61.4 Å². The van der Waals surface area contributed by atoms with E-state index in [0.717, 1.165) is 77.2 Å². The van der Waals surface area contributed by atoms with Crippen LogP contribution in [0.25, 0.3) is 22.4 Å². The molecule has 1 saturated carbocycles. The molecule has 2 aliphatic heterocycles. The van der Waals surface area contributed by atoms with Crippen molar-refractivity contribution in [3.63, 3.8) is 0 Å². The van der Waals surface area contributed by atoms with Gasteiger partial charge in [0.1, 0.15) is 11.9 Å². The van der Waals surface area contributed by atoms with Gasteiger partial charge in [-0.25, -0.2) is 9.37 Å². The zero-order chi connectivity index (χ0) is 32.3. The third kappa shape index (κ3) is 5.58. The lowest BCUT2D eigenvalue weighted by Crippen LogP contribution is -2.51. The van der Waals surface area contributed by atoms with Crippen molar-refractivity contribution >= 4 is 23.3 Å². The van der Waals surface area contributed by atoms with Crippen molar-refractivity contribution in [1.82, 2.24) is 25.4 Å². The lowest BCUT2D eigenvalue weighted by Gasteiger charge is -2.33. The molecule has 3 fully saturated rings. The van der Waals surface area contributed by atoms with Crippen LogP contribution < -0.4 is 20.9 Å². The summed E-state index contributed by atoms with van der Waals surface area (Å²) >= 11 is 0. The number of hydrogen-bond acceptors (Lipinski definition) is 6. The van der Waals surface area contributed by atoms with Crippen LogP contribution in [0, 0.1) is 6.92 Å². The summed E-state index contributed by atoms with van der Waals surface area (Å²) in [6.45, 7) is 3.96. The Bertz CT molecular complexity index is 1830. The fourth-order valence-corrected chi connectivity index (χ4v) is 7.81. The summed E-state index contributed by atoms with van der Waals surface area (Å²) in [6, 6.07) is 18.3. The number of pyridine rings is 1. The van der Waals surface area contributed by atoms with E-state index in [4.69, 9.17) is 4.98 Å². The highest BCUT2D eigenvalue weighted by Gasteiger charge is 2.52. The van der Waals surface area contributed by atoms with Crippen LogP contribution in [0.2, 0.25) is 0 Å². The minimum Gasteiger partial charge on any atom is -0.351 e. The normalized spacial score (nSPS) is 22.9. The van der Waals surface area contributed by atoms with Crippen molar-refractivity contribution in [2.24, 2.45) is 7.05 Å². The third-order valence-electron chi connectivity index (χ3n) is 10.6. The molecule has 2 aromatic heterocycles. The summed E-state index contributed by atoms with van der Waals surface area (Å²) < 4.78 is 16.8. The van der Waals surface area contributed by atoms with Gasteiger partial charge in [0.05, 0.1) is 11.9 Å². The molecule has 2 saturated heterocycles. The molecule has 2 aromatic carbocycles. The van der Waals surface area contributed by atoms with E-state index >= 15 is 0 Å². The zero-order valence-corrected chi connectivity index (χ0v) is 26.8. The number of fused-ring (bicyclic) bond motifs is 3. The monoisotopic (exact) mass is 633 g/mol. The molecule has 2 bridgehead atoms. The number of aromatic nitrogens is 3. The number of hydrogen-bond donors (Lipinski definition) is 3. The number of halogens is 1. The van der Waals surface area contributed by atoms with Crippen molar-refractivity contribution in [1.29, 1.82) is 0 Å². The Balaban J connectivity index is 1.08. The van der Waals surface area contributed by atoms with Gasteiger partial charge in [-0.05, 0) is 97.5 Å². The topological polar surface area (TPSA) is 104 Å². The van der Waals surface area contributed by atoms with E-state index in [2.05, 4.69) is 50.2 Å². The smallest absolute Gasteiger partial charge is 0.258 e. The van der Waals surface area contributed by atoms with E-state index < -0.39 is 17.6 Å². The molecular formula is C37H40FN7O2. The molecule has 0 spiro atoms. The lowest BCUT2D eigenvalue weighted by molar-refractivity contribution is -0.131. The van der Waals surface area contributed by atoms with Gasteiger partial charge in [-0.1, -0.05) is 30.3 Å². The standard InChI is InChI=1S/C37H40FN7O2/c1-22-19-41-44(2)34(22)24-8-10-27(11-9-24)42-35(46)33(43-36(47)37(38)13-14-37)30-5-3-4-23-6-7-25(16-31(23)30)26-12-15-39-32(17-26)45-21-28-18-29(45)20-40-28/h6-12,15-17,19,28-30,33,40H,3-5,13-14,18,20-21H2,1-2H3,(H,42,46)(H,43,47)/t28-,29-,30+,33-/m0/s1. The zero-order valence-electron chi connectivity index (χ0n) is 26.8. The Morgan fingerprint density at radius 3 is 2.55 bits per heavy atom. The van der Waals surface area contributed by atoms with Crippen molar-refractivity contribution in [2.45, 2.75) is 75.2 Å². The molecule has 0 unspecified atom stereocenters. The van der Waals surface area contributed by atoms with Gasteiger partial charge in [0.25, 0.3) is 5.91 Å². The van der Waals surface area contributed by atoms with E-state index in [-0.39, 0.29) is 24.7 Å². The summed E-state index contributed by atoms with van der Waals surface area (Å²) in [5.41, 5.74) is 6.06. The van der Waals surface area contributed by atoms with Crippen LogP contribution >= 0.6 is 0 Å². The van der Waals surface area contributed by atoms with Gasteiger partial charge in [0.2, 0.25) is 5.91 Å². The predicted molar refractivity (Wildman–Crippen MR) is 180 cm³/mol. The van der Waals surface area contributed by atoms with Gasteiger partial charge < -0.3 is 20.9 Å². The van der Waals surface area contributed by atoms with Gasteiger partial charge in [0.15, 0.2) is 5.67 Å². The number of aryl methyl sites for hydroxylation is 3. The number of alkyl halides is 1. The quantitative estimate of drug-likeness (QED) is 0.251. The van der Waals surface area contributed by atoms with Crippen molar-refractivity contribution in [2.75, 3.05) is 23.3 Å². The van der Waals surface area contributed by atoms with Crippen molar-refractivity contribution in [3.05, 3.63) is 83.7 Å². The Labute approximate surface area is 274 Å². The highest BCUT2D eigenvalue weighted by molar-refractivity contribution is 6.00. The minimum atomic E-state index is -1.89. The molecule has 2 amide bonds. The first-order chi connectivity index (χ1) is 22.8. The maximum atomic E-state index is 15.0. The molecule has 10 heteroatoms. The molecule has 8 rings (SSSR count). The number of benzene rings is 2. The van der Waals surface area contributed by atoms with Gasteiger partial charge in [-0.15, -0.1) is 0 Å². The molecule has 47 heavy (non-hydrogen) atoms. The second kappa shape index (κ2) is 11.6. The number of nitrogens with zero attached hydrogens (tertiary/aromatic N) is 4. The average Bonchev–Trinajstić information content (AvgIpc) is 3.37. The minimum absolute atomic E-state index is 0.187. The first-order valence-corrected chi connectivity index (χ1v) is 16.7. The van der Waals surface area contributed by atoms with Gasteiger partial charge in [-0.2, -0.15) is 5.10 Å². The Hall–Kier alpha value is -4.57. The number of nitrogens with one attached hydrogen (secondary N) is 3. The van der Waals surface area contributed by atoms with Crippen molar-refractivity contribution in [3.8, 4) is 22.4 Å². The Morgan fingerprint density at radius 1 is 1.06 bits per heavy atom. The fourth-order valence-electron chi connectivity index (χ4n) is 7.81. The van der Waals surface area contributed by atoms with Crippen LogP contribution in [-0.2, 0) is 23.1 Å². The summed E-state index contributed by atoms with van der Waals surface area (Å²) in [5, 5.41) is 13.8. The molecule has 4 aromatic rings. The maximum Gasteiger partial charge on any atom is 0.258 e. The van der Waals surface area contributed by atoms with E-state index in [9.17, 15) is 14.0 Å². The molecule has 2 aliphatic carbocycles. The van der Waals surface area contributed by atoms with Gasteiger partial charge >= 0.3 is 0 Å².